The van der Waals surface area contributed by atoms with Gasteiger partial charge in [0, 0.05) is 23.0 Å². The maximum absolute atomic E-state index is 13.0. The molecule has 1 aromatic heterocycles. The van der Waals surface area contributed by atoms with E-state index in [1.54, 1.807) is 12.1 Å². The fourth-order valence-corrected chi connectivity index (χ4v) is 3.15. The molecule has 1 aliphatic carbocycles. The molecule has 2 aromatic carbocycles. The first-order valence-corrected chi connectivity index (χ1v) is 7.73. The molecule has 0 spiro atoms. The van der Waals surface area contributed by atoms with E-state index in [1.165, 1.54) is 12.1 Å². The first-order valence-electron chi connectivity index (χ1n) is 7.73. The van der Waals surface area contributed by atoms with Gasteiger partial charge in [-0.3, -0.25) is 4.79 Å². The summed E-state index contributed by atoms with van der Waals surface area (Å²) >= 11 is 0. The fourth-order valence-electron chi connectivity index (χ4n) is 3.15. The van der Waals surface area contributed by atoms with Gasteiger partial charge in [0.25, 0.3) is 0 Å². The standard InChI is InChI=1S/C18H12FN3O2/c19-11-4-1-9(2-5-11)18-20-14-6-3-10(7-15(14)24-18)16-12-8-13(12)17(23)22-21-16/h1-7,12-13H,8H2,(H,22,23). The summed E-state index contributed by atoms with van der Waals surface area (Å²) in [4.78, 5) is 16.0. The van der Waals surface area contributed by atoms with Gasteiger partial charge in [0.1, 0.15) is 11.3 Å². The third kappa shape index (κ3) is 2.03. The van der Waals surface area contributed by atoms with E-state index in [0.717, 1.165) is 28.8 Å². The van der Waals surface area contributed by atoms with Crippen LogP contribution in [0.1, 0.15) is 12.0 Å². The largest absolute Gasteiger partial charge is 0.436 e. The highest BCUT2D eigenvalue weighted by Crippen LogP contribution is 2.43. The van der Waals surface area contributed by atoms with Crippen LogP contribution in [0.25, 0.3) is 22.6 Å². The minimum atomic E-state index is -0.298. The second kappa shape index (κ2) is 4.74. The summed E-state index contributed by atoms with van der Waals surface area (Å²) in [6, 6.07) is 11.7. The van der Waals surface area contributed by atoms with Crippen LogP contribution in [0, 0.1) is 17.7 Å². The van der Waals surface area contributed by atoms with Crippen molar-refractivity contribution in [3.05, 3.63) is 53.8 Å². The number of hydrogen-bond acceptors (Lipinski definition) is 4. The molecule has 118 valence electrons. The number of carbonyl (C=O) groups excluding carboxylic acids is 1. The van der Waals surface area contributed by atoms with Gasteiger partial charge in [-0.1, -0.05) is 6.07 Å². The number of fused-ring (bicyclic) bond motifs is 2. The fraction of sp³-hybridized carbons (Fsp3) is 0.167. The monoisotopic (exact) mass is 321 g/mol. The van der Waals surface area contributed by atoms with E-state index < -0.39 is 0 Å². The van der Waals surface area contributed by atoms with Crippen molar-refractivity contribution in [2.45, 2.75) is 6.42 Å². The van der Waals surface area contributed by atoms with E-state index in [4.69, 9.17) is 4.42 Å². The summed E-state index contributed by atoms with van der Waals surface area (Å²) < 4.78 is 18.9. The number of hydrogen-bond donors (Lipinski definition) is 1. The number of oxazole rings is 1. The molecule has 0 bridgehead atoms. The topological polar surface area (TPSA) is 67.5 Å². The lowest BCUT2D eigenvalue weighted by Gasteiger charge is -2.11. The second-order valence-electron chi connectivity index (χ2n) is 6.13. The van der Waals surface area contributed by atoms with Gasteiger partial charge in [-0.05, 0) is 42.8 Å². The summed E-state index contributed by atoms with van der Waals surface area (Å²) in [5, 5.41) is 4.20. The SMILES string of the molecule is O=C1NN=C(c2ccc3nc(-c4ccc(F)cc4)oc3c2)C2CC12. The maximum Gasteiger partial charge on any atom is 0.243 e. The van der Waals surface area contributed by atoms with Crippen molar-refractivity contribution in [1.29, 1.82) is 0 Å². The van der Waals surface area contributed by atoms with Crippen molar-refractivity contribution in [3.63, 3.8) is 0 Å². The average Bonchev–Trinajstić information content (AvgIpc) is 3.28. The van der Waals surface area contributed by atoms with Crippen molar-refractivity contribution >= 4 is 22.7 Å². The number of nitrogens with zero attached hydrogens (tertiary/aromatic N) is 2. The molecule has 1 aliphatic heterocycles. The van der Waals surface area contributed by atoms with Crippen LogP contribution in [0.15, 0.2) is 52.0 Å². The molecule has 2 aliphatic rings. The van der Waals surface area contributed by atoms with Crippen LogP contribution < -0.4 is 5.43 Å². The van der Waals surface area contributed by atoms with Crippen LogP contribution in [0.3, 0.4) is 0 Å². The van der Waals surface area contributed by atoms with Crippen LogP contribution >= 0.6 is 0 Å². The van der Waals surface area contributed by atoms with E-state index in [9.17, 15) is 9.18 Å². The van der Waals surface area contributed by atoms with Gasteiger partial charge < -0.3 is 4.42 Å². The molecule has 1 N–H and O–H groups in total. The molecule has 0 radical (unpaired) electrons. The van der Waals surface area contributed by atoms with Crippen LogP contribution in [0.5, 0.6) is 0 Å². The van der Waals surface area contributed by atoms with Crippen molar-refractivity contribution in [1.82, 2.24) is 10.4 Å². The zero-order valence-corrected chi connectivity index (χ0v) is 12.5. The number of nitrogens with one attached hydrogen (secondary N) is 1. The molecular formula is C18H12FN3O2. The van der Waals surface area contributed by atoms with Gasteiger partial charge in [-0.2, -0.15) is 5.10 Å². The van der Waals surface area contributed by atoms with Gasteiger partial charge in [0.15, 0.2) is 5.58 Å². The molecule has 3 aromatic rings. The highest BCUT2D eigenvalue weighted by Gasteiger charge is 2.49. The van der Waals surface area contributed by atoms with E-state index in [2.05, 4.69) is 15.5 Å². The second-order valence-corrected chi connectivity index (χ2v) is 6.13. The maximum atomic E-state index is 13.0. The summed E-state index contributed by atoms with van der Waals surface area (Å²) in [6.07, 6.45) is 0.847. The Morgan fingerprint density at radius 1 is 1.08 bits per heavy atom. The summed E-state index contributed by atoms with van der Waals surface area (Å²) in [7, 11) is 0. The Balaban J connectivity index is 1.55. The smallest absolute Gasteiger partial charge is 0.243 e. The van der Waals surface area contributed by atoms with Gasteiger partial charge in [-0.15, -0.1) is 0 Å². The summed E-state index contributed by atoms with van der Waals surface area (Å²) in [5.41, 5.74) is 6.48. The third-order valence-corrected chi connectivity index (χ3v) is 4.54. The lowest BCUT2D eigenvalue weighted by Crippen LogP contribution is -2.28. The van der Waals surface area contributed by atoms with Gasteiger partial charge >= 0.3 is 0 Å². The molecular weight excluding hydrogens is 309 g/mol. The van der Waals surface area contributed by atoms with Crippen LogP contribution in [-0.4, -0.2) is 16.6 Å². The lowest BCUT2D eigenvalue weighted by molar-refractivity contribution is -0.122. The Morgan fingerprint density at radius 3 is 2.71 bits per heavy atom. The molecule has 0 saturated heterocycles. The number of hydrazone groups is 1. The zero-order chi connectivity index (χ0) is 16.3. The molecule has 5 nitrogen and oxygen atoms in total. The molecule has 1 saturated carbocycles. The van der Waals surface area contributed by atoms with Gasteiger partial charge in [0.2, 0.25) is 11.8 Å². The Kier molecular flexibility index (Phi) is 2.65. The first kappa shape index (κ1) is 13.4. The number of halogens is 1. The Hall–Kier alpha value is -3.02. The quantitative estimate of drug-likeness (QED) is 0.788. The summed E-state index contributed by atoms with van der Waals surface area (Å²) in [5.74, 6) is 0.412. The Morgan fingerprint density at radius 2 is 1.88 bits per heavy atom. The molecule has 24 heavy (non-hydrogen) atoms. The molecule has 5 rings (SSSR count). The van der Waals surface area contributed by atoms with Crippen LogP contribution in [0.2, 0.25) is 0 Å². The molecule has 1 amide bonds. The third-order valence-electron chi connectivity index (χ3n) is 4.54. The number of benzene rings is 2. The molecule has 2 unspecified atom stereocenters. The Labute approximate surface area is 136 Å². The number of rotatable bonds is 2. The highest BCUT2D eigenvalue weighted by atomic mass is 19.1. The van der Waals surface area contributed by atoms with Crippen LogP contribution in [-0.2, 0) is 4.79 Å². The molecule has 1 fully saturated rings. The predicted octanol–water partition coefficient (Wildman–Crippen LogP) is 3.10. The Bertz CT molecular complexity index is 1010. The van der Waals surface area contributed by atoms with Gasteiger partial charge in [0.05, 0.1) is 5.71 Å². The molecule has 6 heteroatoms. The minimum Gasteiger partial charge on any atom is -0.436 e. The van der Waals surface area contributed by atoms with E-state index in [0.29, 0.717) is 11.5 Å². The van der Waals surface area contributed by atoms with E-state index in [1.807, 2.05) is 18.2 Å². The number of carbonyl (C=O) groups is 1. The number of aromatic nitrogens is 1. The minimum absolute atomic E-state index is 0.00286. The van der Waals surface area contributed by atoms with Crippen LogP contribution in [0.4, 0.5) is 4.39 Å². The summed E-state index contributed by atoms with van der Waals surface area (Å²) in [6.45, 7) is 0. The normalized spacial score (nSPS) is 22.0. The first-order chi connectivity index (χ1) is 11.7. The lowest BCUT2D eigenvalue weighted by atomic mass is 10.0. The highest BCUT2D eigenvalue weighted by molar-refractivity contribution is 6.10. The average molecular weight is 321 g/mol. The molecule has 2 atom stereocenters. The van der Waals surface area contributed by atoms with Crippen molar-refractivity contribution in [2.24, 2.45) is 16.9 Å². The zero-order valence-electron chi connectivity index (χ0n) is 12.5. The van der Waals surface area contributed by atoms with Crippen molar-refractivity contribution in [3.8, 4) is 11.5 Å². The van der Waals surface area contributed by atoms with Crippen molar-refractivity contribution < 1.29 is 13.6 Å². The van der Waals surface area contributed by atoms with Gasteiger partial charge in [-0.25, -0.2) is 14.8 Å². The number of amides is 1. The van der Waals surface area contributed by atoms with E-state index in [-0.39, 0.29) is 23.6 Å². The van der Waals surface area contributed by atoms with Crippen molar-refractivity contribution in [2.75, 3.05) is 0 Å². The molecule has 2 heterocycles. The predicted molar refractivity (Wildman–Crippen MR) is 85.7 cm³/mol. The van der Waals surface area contributed by atoms with E-state index >= 15 is 0 Å².